The topological polar surface area (TPSA) is 64.6 Å². The van der Waals surface area contributed by atoms with Gasteiger partial charge in [-0.05, 0) is 23.3 Å². The Balaban J connectivity index is 1.68. The van der Waals surface area contributed by atoms with Crippen LogP contribution in [-0.2, 0) is 22.6 Å². The average molecular weight is 443 g/mol. The Morgan fingerprint density at radius 2 is 1.53 bits per heavy atom. The fourth-order valence-electron chi connectivity index (χ4n) is 3.02. The molecule has 0 saturated carbocycles. The highest BCUT2D eigenvalue weighted by Crippen LogP contribution is 2.18. The molecule has 5 nitrogen and oxygen atoms in total. The third kappa shape index (κ3) is 5.87. The number of carbonyl (C=O) groups is 2. The van der Waals surface area contributed by atoms with Gasteiger partial charge in [-0.2, -0.15) is 0 Å². The first-order valence-corrected chi connectivity index (χ1v) is 9.66. The van der Waals surface area contributed by atoms with Crippen LogP contribution in [0.4, 0.5) is 13.2 Å². The van der Waals surface area contributed by atoms with Gasteiger partial charge in [-0.25, -0.2) is 18.0 Å². The molecule has 0 aliphatic heterocycles. The summed E-state index contributed by atoms with van der Waals surface area (Å²) in [7, 11) is 1.13. The maximum atomic E-state index is 13.9. The van der Waals surface area contributed by atoms with E-state index in [0.717, 1.165) is 12.7 Å². The van der Waals surface area contributed by atoms with Gasteiger partial charge in [0.05, 0.1) is 7.11 Å². The van der Waals surface area contributed by atoms with Crippen molar-refractivity contribution in [2.75, 3.05) is 7.11 Å². The fourth-order valence-corrected chi connectivity index (χ4v) is 3.02. The summed E-state index contributed by atoms with van der Waals surface area (Å²) in [5, 5.41) is 2.25. The standard InChI is InChI=1S/C24H20F3NO4/c1-31-24(30)21(28-23(29)22-19(26)12-17(25)13-20(22)27)11-15-7-9-18(10-8-15)32-14-16-5-3-2-4-6-16/h2-10,12-13,21H,11,14H2,1H3,(H,28,29)/t21-/m1/s1. The SMILES string of the molecule is COC(=O)[C@@H](Cc1ccc(OCc2ccccc2)cc1)NC(=O)c1c(F)cc(F)cc1F. The molecule has 0 aliphatic rings. The van der Waals surface area contributed by atoms with Gasteiger partial charge in [-0.1, -0.05) is 42.5 Å². The zero-order chi connectivity index (χ0) is 23.1. The smallest absolute Gasteiger partial charge is 0.328 e. The maximum absolute atomic E-state index is 13.9. The lowest BCUT2D eigenvalue weighted by molar-refractivity contribution is -0.142. The van der Waals surface area contributed by atoms with Crippen LogP contribution in [0, 0.1) is 17.5 Å². The Hall–Kier alpha value is -3.81. The van der Waals surface area contributed by atoms with Crippen LogP contribution in [0.5, 0.6) is 5.75 Å². The molecule has 0 unspecified atom stereocenters. The van der Waals surface area contributed by atoms with Gasteiger partial charge in [0.2, 0.25) is 0 Å². The number of esters is 1. The molecule has 8 heteroatoms. The summed E-state index contributed by atoms with van der Waals surface area (Å²) >= 11 is 0. The van der Waals surface area contributed by atoms with Gasteiger partial charge in [0.15, 0.2) is 0 Å². The van der Waals surface area contributed by atoms with E-state index in [4.69, 9.17) is 4.74 Å². The second-order valence-electron chi connectivity index (χ2n) is 6.92. The highest BCUT2D eigenvalue weighted by molar-refractivity contribution is 5.97. The number of hydrogen-bond donors (Lipinski definition) is 1. The molecule has 0 fully saturated rings. The molecule has 0 bridgehead atoms. The summed E-state index contributed by atoms with van der Waals surface area (Å²) < 4.78 is 51.3. The third-order valence-corrected chi connectivity index (χ3v) is 4.64. The maximum Gasteiger partial charge on any atom is 0.328 e. The minimum atomic E-state index is -1.37. The minimum absolute atomic E-state index is 0.00180. The Morgan fingerprint density at radius 1 is 0.906 bits per heavy atom. The molecule has 0 radical (unpaired) electrons. The van der Waals surface area contributed by atoms with E-state index in [1.54, 1.807) is 24.3 Å². The zero-order valence-corrected chi connectivity index (χ0v) is 17.1. The number of benzene rings is 3. The van der Waals surface area contributed by atoms with Crippen LogP contribution in [0.15, 0.2) is 66.7 Å². The van der Waals surface area contributed by atoms with Crippen molar-refractivity contribution in [3.8, 4) is 5.75 Å². The number of nitrogens with one attached hydrogen (secondary N) is 1. The summed E-state index contributed by atoms with van der Waals surface area (Å²) in [6.07, 6.45) is 0.00180. The Morgan fingerprint density at radius 3 is 2.12 bits per heavy atom. The van der Waals surface area contributed by atoms with Gasteiger partial charge in [0.25, 0.3) is 5.91 Å². The molecule has 32 heavy (non-hydrogen) atoms. The number of hydrogen-bond acceptors (Lipinski definition) is 4. The van der Waals surface area contributed by atoms with Crippen molar-refractivity contribution in [1.29, 1.82) is 0 Å². The lowest BCUT2D eigenvalue weighted by atomic mass is 10.0. The molecule has 3 rings (SSSR count). The van der Waals surface area contributed by atoms with Crippen molar-refractivity contribution in [1.82, 2.24) is 5.32 Å². The number of ether oxygens (including phenoxy) is 2. The van der Waals surface area contributed by atoms with Crippen LogP contribution < -0.4 is 10.1 Å². The molecule has 3 aromatic carbocycles. The van der Waals surface area contributed by atoms with Crippen molar-refractivity contribution in [2.45, 2.75) is 19.1 Å². The summed E-state index contributed by atoms with van der Waals surface area (Å²) in [4.78, 5) is 24.5. The van der Waals surface area contributed by atoms with Crippen LogP contribution >= 0.6 is 0 Å². The van der Waals surface area contributed by atoms with Gasteiger partial charge in [0, 0.05) is 18.6 Å². The van der Waals surface area contributed by atoms with Crippen molar-refractivity contribution in [3.63, 3.8) is 0 Å². The number of amides is 1. The summed E-state index contributed by atoms with van der Waals surface area (Å²) in [6.45, 7) is 0.385. The predicted octanol–water partition coefficient (Wildman–Crippen LogP) is 4.20. The highest BCUT2D eigenvalue weighted by atomic mass is 19.1. The van der Waals surface area contributed by atoms with Crippen molar-refractivity contribution in [2.24, 2.45) is 0 Å². The number of rotatable bonds is 8. The third-order valence-electron chi connectivity index (χ3n) is 4.64. The molecule has 0 aromatic heterocycles. The van der Waals surface area contributed by atoms with Crippen LogP contribution in [0.1, 0.15) is 21.5 Å². The molecule has 1 amide bonds. The van der Waals surface area contributed by atoms with Crippen molar-refractivity contribution >= 4 is 11.9 Å². The van der Waals surface area contributed by atoms with Gasteiger partial charge < -0.3 is 14.8 Å². The first-order chi connectivity index (χ1) is 15.4. The second-order valence-corrected chi connectivity index (χ2v) is 6.92. The van der Waals surface area contributed by atoms with Gasteiger partial charge in [-0.15, -0.1) is 0 Å². The normalized spacial score (nSPS) is 11.5. The van der Waals surface area contributed by atoms with E-state index in [2.05, 4.69) is 10.1 Å². The average Bonchev–Trinajstić information content (AvgIpc) is 2.77. The van der Waals surface area contributed by atoms with E-state index in [-0.39, 0.29) is 6.42 Å². The first kappa shape index (κ1) is 22.9. The highest BCUT2D eigenvalue weighted by Gasteiger charge is 2.26. The fraction of sp³-hybridized carbons (Fsp3) is 0.167. The quantitative estimate of drug-likeness (QED) is 0.530. The molecular weight excluding hydrogens is 423 g/mol. The Bertz CT molecular complexity index is 1070. The molecule has 0 heterocycles. The summed E-state index contributed by atoms with van der Waals surface area (Å²) in [5.74, 6) is -5.29. The van der Waals surface area contributed by atoms with Crippen LogP contribution in [0.25, 0.3) is 0 Å². The monoisotopic (exact) mass is 443 g/mol. The number of halogens is 3. The Labute approximate surface area is 182 Å². The summed E-state index contributed by atoms with van der Waals surface area (Å²) in [5.41, 5.74) is 0.670. The Kier molecular flexibility index (Phi) is 7.49. The predicted molar refractivity (Wildman–Crippen MR) is 111 cm³/mol. The summed E-state index contributed by atoms with van der Waals surface area (Å²) in [6, 6.07) is 16.0. The van der Waals surface area contributed by atoms with E-state index in [0.29, 0.717) is 30.1 Å². The van der Waals surface area contributed by atoms with Gasteiger partial charge >= 0.3 is 5.97 Å². The van der Waals surface area contributed by atoms with Crippen molar-refractivity contribution < 1.29 is 32.2 Å². The van der Waals surface area contributed by atoms with E-state index >= 15 is 0 Å². The molecule has 0 aliphatic carbocycles. The van der Waals surface area contributed by atoms with E-state index < -0.39 is 40.9 Å². The van der Waals surface area contributed by atoms with Gasteiger partial charge in [-0.3, -0.25) is 4.79 Å². The van der Waals surface area contributed by atoms with E-state index in [1.165, 1.54) is 0 Å². The second kappa shape index (κ2) is 10.5. The van der Waals surface area contributed by atoms with E-state index in [1.807, 2.05) is 30.3 Å². The zero-order valence-electron chi connectivity index (χ0n) is 17.1. The van der Waals surface area contributed by atoms with Crippen LogP contribution in [-0.4, -0.2) is 25.0 Å². The van der Waals surface area contributed by atoms with Crippen LogP contribution in [0.3, 0.4) is 0 Å². The number of methoxy groups -OCH3 is 1. The largest absolute Gasteiger partial charge is 0.489 e. The number of carbonyl (C=O) groups excluding carboxylic acids is 2. The lowest BCUT2D eigenvalue weighted by Gasteiger charge is -2.17. The first-order valence-electron chi connectivity index (χ1n) is 9.66. The molecule has 1 N–H and O–H groups in total. The molecule has 3 aromatic rings. The molecule has 1 atom stereocenters. The molecule has 0 spiro atoms. The van der Waals surface area contributed by atoms with Gasteiger partial charge in [0.1, 0.15) is 41.4 Å². The van der Waals surface area contributed by atoms with Crippen LogP contribution in [0.2, 0.25) is 0 Å². The van der Waals surface area contributed by atoms with Crippen molar-refractivity contribution in [3.05, 3.63) is 101 Å². The molecule has 166 valence electrons. The lowest BCUT2D eigenvalue weighted by Crippen LogP contribution is -2.43. The molecular formula is C24H20F3NO4. The minimum Gasteiger partial charge on any atom is -0.489 e. The van der Waals surface area contributed by atoms with E-state index in [9.17, 15) is 22.8 Å². The molecule has 0 saturated heterocycles.